The highest BCUT2D eigenvalue weighted by molar-refractivity contribution is 5.97. The predicted molar refractivity (Wildman–Crippen MR) is 61.7 cm³/mol. The lowest BCUT2D eigenvalue weighted by Crippen LogP contribution is -2.56. The van der Waals surface area contributed by atoms with E-state index in [9.17, 15) is 4.79 Å². The van der Waals surface area contributed by atoms with Crippen LogP contribution in [-0.2, 0) is 0 Å². The Labute approximate surface area is 95.0 Å². The molecule has 0 radical (unpaired) electrons. The van der Waals surface area contributed by atoms with Gasteiger partial charge in [-0.05, 0) is 19.1 Å². The summed E-state index contributed by atoms with van der Waals surface area (Å²) in [6.45, 7) is 4.17. The van der Waals surface area contributed by atoms with Gasteiger partial charge in [-0.1, -0.05) is 12.1 Å². The maximum absolute atomic E-state index is 11.9. The molecule has 2 N–H and O–H groups in total. The van der Waals surface area contributed by atoms with E-state index < -0.39 is 0 Å². The fourth-order valence-corrected chi connectivity index (χ4v) is 1.59. The first-order valence-corrected chi connectivity index (χ1v) is 5.54. The summed E-state index contributed by atoms with van der Waals surface area (Å²) in [7, 11) is 0. The van der Waals surface area contributed by atoms with Crippen LogP contribution in [0.2, 0.25) is 0 Å². The van der Waals surface area contributed by atoms with Crippen molar-refractivity contribution in [2.45, 2.75) is 13.0 Å². The van der Waals surface area contributed by atoms with Crippen molar-refractivity contribution >= 4 is 5.91 Å². The minimum Gasteiger partial charge on any atom is -0.493 e. The number of hydrogen-bond acceptors (Lipinski definition) is 3. The van der Waals surface area contributed by atoms with Crippen molar-refractivity contribution in [2.75, 3.05) is 19.7 Å². The number of carbonyl (C=O) groups is 1. The second-order valence-corrected chi connectivity index (χ2v) is 3.76. The molecule has 1 aromatic carbocycles. The summed E-state index contributed by atoms with van der Waals surface area (Å²) >= 11 is 0. The molecule has 0 atom stereocenters. The first-order valence-electron chi connectivity index (χ1n) is 5.54. The minimum atomic E-state index is -0.0597. The van der Waals surface area contributed by atoms with E-state index in [1.54, 1.807) is 6.07 Å². The number of ether oxygens (including phenoxy) is 1. The van der Waals surface area contributed by atoms with Crippen LogP contribution in [0.5, 0.6) is 5.75 Å². The molecule has 1 heterocycles. The van der Waals surface area contributed by atoms with Gasteiger partial charge in [0, 0.05) is 13.1 Å². The van der Waals surface area contributed by atoms with E-state index in [4.69, 9.17) is 4.74 Å². The van der Waals surface area contributed by atoms with Crippen molar-refractivity contribution in [1.82, 2.24) is 10.6 Å². The number of rotatable bonds is 4. The smallest absolute Gasteiger partial charge is 0.255 e. The lowest BCUT2D eigenvalue weighted by Gasteiger charge is -2.28. The molecule has 4 nitrogen and oxygen atoms in total. The fourth-order valence-electron chi connectivity index (χ4n) is 1.59. The minimum absolute atomic E-state index is 0.0597. The molecule has 86 valence electrons. The van der Waals surface area contributed by atoms with Gasteiger partial charge < -0.3 is 15.4 Å². The van der Waals surface area contributed by atoms with Crippen LogP contribution >= 0.6 is 0 Å². The molecule has 2 rings (SSSR count). The van der Waals surface area contributed by atoms with E-state index in [0.717, 1.165) is 13.1 Å². The topological polar surface area (TPSA) is 50.4 Å². The summed E-state index contributed by atoms with van der Waals surface area (Å²) in [5.41, 5.74) is 0.608. The zero-order valence-corrected chi connectivity index (χ0v) is 9.32. The Hall–Kier alpha value is -1.55. The Morgan fingerprint density at radius 2 is 2.25 bits per heavy atom. The summed E-state index contributed by atoms with van der Waals surface area (Å²) in [5.74, 6) is 0.588. The zero-order valence-electron chi connectivity index (χ0n) is 9.32. The third kappa shape index (κ3) is 2.33. The van der Waals surface area contributed by atoms with Gasteiger partial charge in [0.2, 0.25) is 0 Å². The Bertz CT molecular complexity index is 375. The monoisotopic (exact) mass is 220 g/mol. The van der Waals surface area contributed by atoms with Crippen molar-refractivity contribution in [3.05, 3.63) is 29.8 Å². The molecule has 0 aromatic heterocycles. The molecular weight excluding hydrogens is 204 g/mol. The molecule has 1 amide bonds. The summed E-state index contributed by atoms with van der Waals surface area (Å²) in [4.78, 5) is 11.9. The van der Waals surface area contributed by atoms with E-state index in [0.29, 0.717) is 17.9 Å². The lowest BCUT2D eigenvalue weighted by molar-refractivity contribution is 0.0920. The highest BCUT2D eigenvalue weighted by Gasteiger charge is 2.21. The van der Waals surface area contributed by atoms with E-state index >= 15 is 0 Å². The number of benzene rings is 1. The van der Waals surface area contributed by atoms with Crippen molar-refractivity contribution in [2.24, 2.45) is 0 Å². The largest absolute Gasteiger partial charge is 0.493 e. The van der Waals surface area contributed by atoms with Crippen molar-refractivity contribution < 1.29 is 9.53 Å². The van der Waals surface area contributed by atoms with Gasteiger partial charge in [0.05, 0.1) is 18.2 Å². The Kier molecular flexibility index (Phi) is 3.41. The van der Waals surface area contributed by atoms with Crippen molar-refractivity contribution in [3.8, 4) is 5.75 Å². The molecule has 1 fully saturated rings. The summed E-state index contributed by atoms with van der Waals surface area (Å²) in [5, 5.41) is 6.06. The highest BCUT2D eigenvalue weighted by atomic mass is 16.5. The number of amides is 1. The van der Waals surface area contributed by atoms with Gasteiger partial charge in [-0.3, -0.25) is 4.79 Å². The maximum atomic E-state index is 11.9. The van der Waals surface area contributed by atoms with Gasteiger partial charge >= 0.3 is 0 Å². The zero-order chi connectivity index (χ0) is 11.4. The van der Waals surface area contributed by atoms with Gasteiger partial charge in [-0.2, -0.15) is 0 Å². The van der Waals surface area contributed by atoms with Crippen LogP contribution in [0.25, 0.3) is 0 Å². The summed E-state index contributed by atoms with van der Waals surface area (Å²) < 4.78 is 5.41. The Morgan fingerprint density at radius 3 is 2.88 bits per heavy atom. The van der Waals surface area contributed by atoms with E-state index in [1.165, 1.54) is 0 Å². The van der Waals surface area contributed by atoms with Gasteiger partial charge in [0.25, 0.3) is 5.91 Å². The van der Waals surface area contributed by atoms with Crippen LogP contribution < -0.4 is 15.4 Å². The van der Waals surface area contributed by atoms with Gasteiger partial charge in [0.15, 0.2) is 0 Å². The van der Waals surface area contributed by atoms with E-state index in [1.807, 2.05) is 25.1 Å². The molecule has 16 heavy (non-hydrogen) atoms. The SMILES string of the molecule is CCOc1ccccc1C(=O)NC1CNC1. The Morgan fingerprint density at radius 1 is 1.50 bits per heavy atom. The lowest BCUT2D eigenvalue weighted by atomic mass is 10.1. The van der Waals surface area contributed by atoms with Crippen molar-refractivity contribution in [3.63, 3.8) is 0 Å². The number of carbonyl (C=O) groups excluding carboxylic acids is 1. The normalized spacial score (nSPS) is 15.3. The van der Waals surface area contributed by atoms with Crippen LogP contribution in [0.1, 0.15) is 17.3 Å². The quantitative estimate of drug-likeness (QED) is 0.788. The molecule has 0 unspecified atom stereocenters. The van der Waals surface area contributed by atoms with Gasteiger partial charge in [-0.15, -0.1) is 0 Å². The second-order valence-electron chi connectivity index (χ2n) is 3.76. The molecule has 0 spiro atoms. The van der Waals surface area contributed by atoms with E-state index in [-0.39, 0.29) is 11.9 Å². The van der Waals surface area contributed by atoms with E-state index in [2.05, 4.69) is 10.6 Å². The molecule has 1 saturated heterocycles. The molecule has 1 aromatic rings. The average Bonchev–Trinajstić information content (AvgIpc) is 2.24. The standard InChI is InChI=1S/C12H16N2O2/c1-2-16-11-6-4-3-5-10(11)12(15)14-9-7-13-8-9/h3-6,9,13H,2,7-8H2,1H3,(H,14,15). The average molecular weight is 220 g/mol. The van der Waals surface area contributed by atoms with Crippen LogP contribution in [0, 0.1) is 0 Å². The van der Waals surface area contributed by atoms with Gasteiger partial charge in [-0.25, -0.2) is 0 Å². The maximum Gasteiger partial charge on any atom is 0.255 e. The number of para-hydroxylation sites is 1. The molecule has 0 aliphatic carbocycles. The molecule has 1 aliphatic heterocycles. The highest BCUT2D eigenvalue weighted by Crippen LogP contribution is 2.17. The van der Waals surface area contributed by atoms with Crippen LogP contribution in [-0.4, -0.2) is 31.6 Å². The third-order valence-electron chi connectivity index (χ3n) is 2.55. The van der Waals surface area contributed by atoms with Crippen molar-refractivity contribution in [1.29, 1.82) is 0 Å². The second kappa shape index (κ2) is 4.99. The first-order chi connectivity index (χ1) is 7.81. The molecule has 0 bridgehead atoms. The van der Waals surface area contributed by atoms with Crippen LogP contribution in [0.15, 0.2) is 24.3 Å². The predicted octanol–water partition coefficient (Wildman–Crippen LogP) is 0.787. The first kappa shape index (κ1) is 11.0. The third-order valence-corrected chi connectivity index (χ3v) is 2.55. The summed E-state index contributed by atoms with van der Waals surface area (Å²) in [6, 6.07) is 7.56. The molecule has 0 saturated carbocycles. The van der Waals surface area contributed by atoms with Gasteiger partial charge in [0.1, 0.15) is 5.75 Å². The number of hydrogen-bond donors (Lipinski definition) is 2. The van der Waals surface area contributed by atoms with Crippen LogP contribution in [0.4, 0.5) is 0 Å². The summed E-state index contributed by atoms with van der Waals surface area (Å²) in [6.07, 6.45) is 0. The molecule has 4 heteroatoms. The Balaban J connectivity index is 2.08. The fraction of sp³-hybridized carbons (Fsp3) is 0.417. The number of nitrogens with one attached hydrogen (secondary N) is 2. The van der Waals surface area contributed by atoms with Crippen LogP contribution in [0.3, 0.4) is 0 Å². The molecule has 1 aliphatic rings. The molecular formula is C12H16N2O2.